The minimum absolute atomic E-state index is 0.0695. The van der Waals surface area contributed by atoms with E-state index in [-0.39, 0.29) is 11.1 Å². The maximum atomic E-state index is 11.7. The fraction of sp³-hybridized carbons (Fsp3) is 0.917. The second kappa shape index (κ2) is 3.65. The molecule has 2 nitrogen and oxygen atoms in total. The first-order valence-corrected chi connectivity index (χ1v) is 5.63. The standard InChI is InChI=1S/C12H23NO/c1-6-11(3)8-10(14)9-12(4,7-2)13(11)5/h6-9H2,1-5H3. The Balaban J connectivity index is 2.98. The van der Waals surface area contributed by atoms with Crippen molar-refractivity contribution in [2.45, 2.75) is 64.5 Å². The molecule has 0 aliphatic carbocycles. The molecular weight excluding hydrogens is 174 g/mol. The van der Waals surface area contributed by atoms with Gasteiger partial charge in [-0.15, -0.1) is 0 Å². The Morgan fingerprint density at radius 2 is 1.50 bits per heavy atom. The molecule has 0 amide bonds. The summed E-state index contributed by atoms with van der Waals surface area (Å²) in [5, 5.41) is 0. The number of hydrogen-bond donors (Lipinski definition) is 0. The second-order valence-electron chi connectivity index (χ2n) is 5.15. The Kier molecular flexibility index (Phi) is 3.05. The van der Waals surface area contributed by atoms with Gasteiger partial charge in [0.1, 0.15) is 5.78 Å². The van der Waals surface area contributed by atoms with Crippen molar-refractivity contribution in [2.75, 3.05) is 7.05 Å². The van der Waals surface area contributed by atoms with E-state index in [4.69, 9.17) is 0 Å². The maximum absolute atomic E-state index is 11.7. The number of ketones is 1. The van der Waals surface area contributed by atoms with Gasteiger partial charge in [0.25, 0.3) is 0 Å². The van der Waals surface area contributed by atoms with Crippen LogP contribution in [0.25, 0.3) is 0 Å². The molecule has 0 spiro atoms. The van der Waals surface area contributed by atoms with Crippen LogP contribution < -0.4 is 0 Å². The molecule has 2 atom stereocenters. The Morgan fingerprint density at radius 3 is 1.79 bits per heavy atom. The van der Waals surface area contributed by atoms with Crippen LogP contribution in [0.15, 0.2) is 0 Å². The van der Waals surface area contributed by atoms with Gasteiger partial charge < -0.3 is 0 Å². The normalized spacial score (nSPS) is 40.2. The fourth-order valence-electron chi connectivity index (χ4n) is 2.53. The van der Waals surface area contributed by atoms with Gasteiger partial charge in [0.2, 0.25) is 0 Å². The van der Waals surface area contributed by atoms with Gasteiger partial charge in [-0.2, -0.15) is 0 Å². The summed E-state index contributed by atoms with van der Waals surface area (Å²) in [6, 6.07) is 0. The van der Waals surface area contributed by atoms with Gasteiger partial charge in [0.15, 0.2) is 0 Å². The lowest BCUT2D eigenvalue weighted by molar-refractivity contribution is -0.134. The van der Waals surface area contributed by atoms with E-state index in [9.17, 15) is 4.79 Å². The number of rotatable bonds is 2. The highest BCUT2D eigenvalue weighted by atomic mass is 16.1. The largest absolute Gasteiger partial charge is 0.300 e. The van der Waals surface area contributed by atoms with Crippen molar-refractivity contribution < 1.29 is 4.79 Å². The highest BCUT2D eigenvalue weighted by molar-refractivity contribution is 5.81. The van der Waals surface area contributed by atoms with E-state index >= 15 is 0 Å². The van der Waals surface area contributed by atoms with Crippen LogP contribution in [0.4, 0.5) is 0 Å². The molecule has 1 fully saturated rings. The molecule has 1 saturated heterocycles. The van der Waals surface area contributed by atoms with Gasteiger partial charge in [-0.1, -0.05) is 13.8 Å². The van der Waals surface area contributed by atoms with Crippen LogP contribution in [-0.4, -0.2) is 28.8 Å². The zero-order chi connectivity index (χ0) is 11.0. The van der Waals surface area contributed by atoms with Crippen LogP contribution in [0.5, 0.6) is 0 Å². The van der Waals surface area contributed by atoms with Crippen molar-refractivity contribution in [3.63, 3.8) is 0 Å². The number of carbonyl (C=O) groups excluding carboxylic acids is 1. The van der Waals surface area contributed by atoms with Crippen molar-refractivity contribution in [3.8, 4) is 0 Å². The topological polar surface area (TPSA) is 20.3 Å². The van der Waals surface area contributed by atoms with Crippen molar-refractivity contribution in [3.05, 3.63) is 0 Å². The van der Waals surface area contributed by atoms with Crippen LogP contribution in [0.1, 0.15) is 53.4 Å². The third-order valence-corrected chi connectivity index (χ3v) is 4.30. The van der Waals surface area contributed by atoms with Crippen LogP contribution in [-0.2, 0) is 4.79 Å². The molecule has 1 aliphatic heterocycles. The Hall–Kier alpha value is -0.370. The monoisotopic (exact) mass is 197 g/mol. The number of likely N-dealkylation sites (tertiary alicyclic amines) is 1. The molecule has 0 aromatic heterocycles. The predicted molar refractivity (Wildman–Crippen MR) is 59.4 cm³/mol. The average Bonchev–Trinajstić information content (AvgIpc) is 2.14. The van der Waals surface area contributed by atoms with E-state index in [1.54, 1.807) is 0 Å². The van der Waals surface area contributed by atoms with Gasteiger partial charge in [-0.25, -0.2) is 0 Å². The Labute approximate surface area is 87.7 Å². The molecule has 2 unspecified atom stereocenters. The average molecular weight is 197 g/mol. The summed E-state index contributed by atoms with van der Waals surface area (Å²) in [5.41, 5.74) is 0.139. The minimum atomic E-state index is 0.0695. The number of carbonyl (C=O) groups is 1. The summed E-state index contributed by atoms with van der Waals surface area (Å²) in [4.78, 5) is 14.1. The molecule has 82 valence electrons. The number of Topliss-reactive ketones (excluding diaryl/α,β-unsaturated/α-hetero) is 1. The first-order valence-electron chi connectivity index (χ1n) is 5.63. The van der Waals surface area contributed by atoms with E-state index in [2.05, 4.69) is 39.6 Å². The van der Waals surface area contributed by atoms with Crippen molar-refractivity contribution in [1.82, 2.24) is 4.90 Å². The first-order chi connectivity index (χ1) is 6.38. The van der Waals surface area contributed by atoms with Gasteiger partial charge in [-0.3, -0.25) is 9.69 Å². The van der Waals surface area contributed by atoms with Gasteiger partial charge >= 0.3 is 0 Å². The van der Waals surface area contributed by atoms with Gasteiger partial charge in [-0.05, 0) is 33.7 Å². The molecule has 0 saturated carbocycles. The Bertz CT molecular complexity index is 216. The molecule has 0 bridgehead atoms. The second-order valence-corrected chi connectivity index (χ2v) is 5.15. The van der Waals surface area contributed by atoms with Gasteiger partial charge in [0, 0.05) is 23.9 Å². The number of hydrogen-bond acceptors (Lipinski definition) is 2. The zero-order valence-electron chi connectivity index (χ0n) is 10.2. The SMILES string of the molecule is CCC1(C)CC(=O)CC(C)(CC)N1C. The van der Waals surface area contributed by atoms with Crippen LogP contribution in [0, 0.1) is 0 Å². The number of piperidine rings is 1. The van der Waals surface area contributed by atoms with E-state index in [1.165, 1.54) is 0 Å². The molecule has 0 aromatic carbocycles. The predicted octanol–water partition coefficient (Wildman–Crippen LogP) is 2.62. The van der Waals surface area contributed by atoms with Crippen LogP contribution in [0.3, 0.4) is 0 Å². The molecule has 1 aliphatic rings. The highest BCUT2D eigenvalue weighted by Gasteiger charge is 2.45. The van der Waals surface area contributed by atoms with Crippen molar-refractivity contribution in [1.29, 1.82) is 0 Å². The lowest BCUT2D eigenvalue weighted by Crippen LogP contribution is -2.61. The molecule has 1 rings (SSSR count). The fourth-order valence-corrected chi connectivity index (χ4v) is 2.53. The van der Waals surface area contributed by atoms with E-state index < -0.39 is 0 Å². The first kappa shape index (κ1) is 11.7. The molecule has 0 N–H and O–H groups in total. The quantitative estimate of drug-likeness (QED) is 0.678. The minimum Gasteiger partial charge on any atom is -0.300 e. The maximum Gasteiger partial charge on any atom is 0.136 e. The van der Waals surface area contributed by atoms with E-state index in [0.717, 1.165) is 25.7 Å². The lowest BCUT2D eigenvalue weighted by Gasteiger charge is -2.52. The molecule has 1 heterocycles. The summed E-state index contributed by atoms with van der Waals surface area (Å²) < 4.78 is 0. The van der Waals surface area contributed by atoms with Crippen molar-refractivity contribution in [2.24, 2.45) is 0 Å². The summed E-state index contributed by atoms with van der Waals surface area (Å²) >= 11 is 0. The lowest BCUT2D eigenvalue weighted by atomic mass is 9.75. The highest BCUT2D eigenvalue weighted by Crippen LogP contribution is 2.38. The summed E-state index contributed by atoms with van der Waals surface area (Å²) in [7, 11) is 2.17. The summed E-state index contributed by atoms with van der Waals surface area (Å²) in [6.45, 7) is 8.76. The molecule has 0 radical (unpaired) electrons. The molecule has 14 heavy (non-hydrogen) atoms. The van der Waals surface area contributed by atoms with E-state index in [0.29, 0.717) is 5.78 Å². The van der Waals surface area contributed by atoms with Crippen LogP contribution in [0.2, 0.25) is 0 Å². The zero-order valence-corrected chi connectivity index (χ0v) is 10.2. The Morgan fingerprint density at radius 1 is 1.14 bits per heavy atom. The molecule has 2 heteroatoms. The summed E-state index contributed by atoms with van der Waals surface area (Å²) in [5.74, 6) is 0.428. The van der Waals surface area contributed by atoms with Crippen molar-refractivity contribution >= 4 is 5.78 Å². The number of nitrogens with zero attached hydrogens (tertiary/aromatic N) is 1. The third kappa shape index (κ3) is 1.72. The van der Waals surface area contributed by atoms with Crippen LogP contribution >= 0.6 is 0 Å². The van der Waals surface area contributed by atoms with Gasteiger partial charge in [0.05, 0.1) is 0 Å². The van der Waals surface area contributed by atoms with E-state index in [1.807, 2.05) is 0 Å². The third-order valence-electron chi connectivity index (χ3n) is 4.30. The molecule has 0 aromatic rings. The summed E-state index contributed by atoms with van der Waals surface area (Å²) in [6.07, 6.45) is 3.53. The molecular formula is C12H23NO. The smallest absolute Gasteiger partial charge is 0.136 e.